The number of thiophene rings is 1. The second kappa shape index (κ2) is 24.9. The topological polar surface area (TPSA) is 151 Å². The standard InChI is InChI=1S/C35H33N2O2.C31H30N2O6S5/c1-4-25(21-34-36(5-2)30-23-28(17-19-32(30)38-34)26-13-9-7-10-14-26)22-35-37(6-3)31-24-29(18-20-33(31)39-35)27-15-11-8-12-16-27;1-2-21(20-29-33(15-6-18-44(37,38)39)31-24-13-16-40-25(24)11-12-27(31)42-29)19-28-32(14-5-17-43(34,35)36)30-23-8-4-3-7-22(23)9-10-26(30)41-28/h7-24H,4-6H2,1-3H3;3-4,7-13,16,19-20H,2,5-6,14-15,17-18H2,1H3,(H-,34,35,36,37,38,39)/q+1;/p-1. The van der Waals surface area contributed by atoms with Gasteiger partial charge in [-0.2, -0.15) is 9.13 Å². The van der Waals surface area contributed by atoms with Crippen LogP contribution >= 0.6 is 34.4 Å². The number of thioether (sulfide) groups is 1. The molecule has 0 unspecified atom stereocenters. The molecule has 0 bridgehead atoms. The Bertz CT molecular complexity index is 4410. The summed E-state index contributed by atoms with van der Waals surface area (Å²) in [6.07, 6.45) is 10.5. The quantitative estimate of drug-likeness (QED) is 0.0596. The number of aryl methyl sites for hydroxylation is 2. The van der Waals surface area contributed by atoms with Gasteiger partial charge in [-0.05, 0) is 126 Å². The Morgan fingerprint density at radius 3 is 2.02 bits per heavy atom. The molecule has 12 nitrogen and oxygen atoms in total. The Hall–Kier alpha value is -7.35. The van der Waals surface area contributed by atoms with Gasteiger partial charge in [-0.15, -0.1) is 11.3 Å². The van der Waals surface area contributed by atoms with Gasteiger partial charge in [0.1, 0.15) is 11.2 Å². The smallest absolute Gasteiger partial charge is 0.374 e. The van der Waals surface area contributed by atoms with E-state index < -0.39 is 31.7 Å². The molecule has 83 heavy (non-hydrogen) atoms. The first-order valence-corrected chi connectivity index (χ1v) is 33.5. The van der Waals surface area contributed by atoms with Crippen LogP contribution in [-0.4, -0.2) is 50.5 Å². The molecule has 7 aromatic carbocycles. The highest BCUT2D eigenvalue weighted by atomic mass is 32.2. The van der Waals surface area contributed by atoms with E-state index in [9.17, 15) is 25.9 Å². The highest BCUT2D eigenvalue weighted by molar-refractivity contribution is 8.03. The molecule has 0 saturated heterocycles. The van der Waals surface area contributed by atoms with E-state index >= 15 is 0 Å². The summed E-state index contributed by atoms with van der Waals surface area (Å²) in [4.78, 5) is 5.42. The predicted molar refractivity (Wildman–Crippen MR) is 339 cm³/mol. The lowest BCUT2D eigenvalue weighted by atomic mass is 10.0. The van der Waals surface area contributed by atoms with E-state index in [-0.39, 0.29) is 12.8 Å². The van der Waals surface area contributed by atoms with Gasteiger partial charge in [0.2, 0.25) is 17.0 Å². The summed E-state index contributed by atoms with van der Waals surface area (Å²) in [5.41, 5.74) is 12.1. The number of anilines is 2. The molecule has 5 heterocycles. The average Bonchev–Trinajstić information content (AvgIpc) is 3.53. The molecule has 0 fully saturated rings. The fourth-order valence-electron chi connectivity index (χ4n) is 10.8. The number of rotatable bonds is 18. The van der Waals surface area contributed by atoms with Gasteiger partial charge in [0.25, 0.3) is 10.5 Å². The van der Waals surface area contributed by atoms with Crippen LogP contribution in [0.25, 0.3) is 76.6 Å². The first-order chi connectivity index (χ1) is 40.2. The Labute approximate surface area is 497 Å². The number of thiazole rings is 1. The Balaban J connectivity index is 0.000000175. The maximum Gasteiger partial charge on any atom is 0.374 e. The summed E-state index contributed by atoms with van der Waals surface area (Å²) in [6, 6.07) is 52.3. The zero-order chi connectivity index (χ0) is 57.8. The molecule has 0 aliphatic carbocycles. The fraction of sp³-hybridized carbons (Fsp3) is 0.212. The molecule has 2 aliphatic rings. The summed E-state index contributed by atoms with van der Waals surface area (Å²) < 4.78 is 87.7. The van der Waals surface area contributed by atoms with E-state index in [1.165, 1.54) is 22.3 Å². The van der Waals surface area contributed by atoms with Crippen molar-refractivity contribution in [2.45, 2.75) is 71.4 Å². The lowest BCUT2D eigenvalue weighted by Crippen LogP contribution is -2.36. The van der Waals surface area contributed by atoms with Crippen molar-refractivity contribution in [3.8, 4) is 28.0 Å². The monoisotopic (exact) mass is 1200 g/mol. The predicted octanol–water partition coefficient (Wildman–Crippen LogP) is 15.3. The lowest BCUT2D eigenvalue weighted by Gasteiger charge is -2.22. The molecular weight excluding hydrogens is 1140 g/mol. The third kappa shape index (κ3) is 12.8. The van der Waals surface area contributed by atoms with Crippen LogP contribution in [0.3, 0.4) is 0 Å². The van der Waals surface area contributed by atoms with Crippen molar-refractivity contribution in [2.75, 3.05) is 34.4 Å². The third-order valence-electron chi connectivity index (χ3n) is 14.8. The van der Waals surface area contributed by atoms with Crippen LogP contribution in [-0.2, 0) is 33.3 Å². The van der Waals surface area contributed by atoms with Crippen molar-refractivity contribution in [1.82, 2.24) is 0 Å². The Kier molecular flexibility index (Phi) is 17.2. The number of aromatic nitrogens is 2. The van der Waals surface area contributed by atoms with Crippen molar-refractivity contribution >= 4 is 120 Å². The second-order valence-electron chi connectivity index (χ2n) is 20.2. The van der Waals surface area contributed by atoms with Crippen LogP contribution < -0.4 is 23.7 Å². The zero-order valence-electron chi connectivity index (χ0n) is 46.5. The molecule has 0 saturated carbocycles. The van der Waals surface area contributed by atoms with Crippen LogP contribution in [0.1, 0.15) is 64.3 Å². The highest BCUT2D eigenvalue weighted by Gasteiger charge is 2.30. The Morgan fingerprint density at radius 1 is 0.639 bits per heavy atom. The number of hydrogen-bond donors (Lipinski definition) is 0. The second-order valence-corrected chi connectivity index (χ2v) is 26.3. The van der Waals surface area contributed by atoms with Crippen molar-refractivity contribution in [3.05, 3.63) is 202 Å². The maximum atomic E-state index is 11.4. The number of benzene rings is 7. The zero-order valence-corrected chi connectivity index (χ0v) is 50.6. The molecule has 424 valence electrons. The molecule has 0 radical (unpaired) electrons. The van der Waals surface area contributed by atoms with Crippen LogP contribution in [0.15, 0.2) is 201 Å². The van der Waals surface area contributed by atoms with Crippen molar-refractivity contribution in [2.24, 2.45) is 0 Å². The summed E-state index contributed by atoms with van der Waals surface area (Å²) >= 11 is 4.88. The molecule has 0 atom stereocenters. The van der Waals surface area contributed by atoms with Gasteiger partial charge < -0.3 is 28.1 Å². The average molecular weight is 1200 g/mol. The summed E-state index contributed by atoms with van der Waals surface area (Å²) in [5, 5.41) is 7.16. The minimum Gasteiger partial charge on any atom is -0.748 e. The number of ether oxygens (including phenoxy) is 1. The molecule has 12 rings (SSSR count). The molecule has 3 aromatic heterocycles. The van der Waals surface area contributed by atoms with Gasteiger partial charge in [0.05, 0.1) is 48.1 Å². The normalized spacial score (nSPS) is 14.8. The SMILES string of the molecule is CCC(/C=C1\Sc2ccc3ccccc3c2N1CCCS(=O)(=O)[O-])=C\c1sc2ccc3sccc3c2[n+]1CCCS(=O)(=O)[O-].CCC(=C\c1oc2ccc(-c3ccccc3)cc2[n+]1CC)/C=C1/Oc2ccc(-c3ccccc3)cc2N1CC. The first-order valence-electron chi connectivity index (χ1n) is 27.9. The van der Waals surface area contributed by atoms with Gasteiger partial charge >= 0.3 is 5.89 Å². The van der Waals surface area contributed by atoms with Crippen LogP contribution in [0, 0.1) is 0 Å². The largest absolute Gasteiger partial charge is 0.748 e. The van der Waals surface area contributed by atoms with Gasteiger partial charge in [0, 0.05) is 64.2 Å². The van der Waals surface area contributed by atoms with Crippen molar-refractivity contribution in [3.63, 3.8) is 0 Å². The van der Waals surface area contributed by atoms with E-state index in [4.69, 9.17) is 9.15 Å². The van der Waals surface area contributed by atoms with Gasteiger partial charge in [-0.3, -0.25) is 0 Å². The van der Waals surface area contributed by atoms with E-state index in [0.29, 0.717) is 19.5 Å². The fourth-order valence-corrected chi connectivity index (χ4v) is 14.9. The lowest BCUT2D eigenvalue weighted by molar-refractivity contribution is -0.674. The summed E-state index contributed by atoms with van der Waals surface area (Å²) in [7, 11) is -8.67. The molecule has 2 aliphatic heterocycles. The van der Waals surface area contributed by atoms with Gasteiger partial charge in [-0.1, -0.05) is 140 Å². The molecule has 0 spiro atoms. The number of nitrogens with zero attached hydrogens (tertiary/aromatic N) is 4. The minimum absolute atomic E-state index is 0.202. The maximum absolute atomic E-state index is 11.4. The number of hydrogen-bond acceptors (Lipinski definition) is 13. The molecular formula is C66H62N4O8S5. The summed E-state index contributed by atoms with van der Waals surface area (Å²) in [6.45, 7) is 10.9. The van der Waals surface area contributed by atoms with Crippen molar-refractivity contribution < 1.29 is 44.2 Å². The van der Waals surface area contributed by atoms with E-state index in [2.05, 4.69) is 192 Å². The number of oxazole rings is 1. The highest BCUT2D eigenvalue weighted by Crippen LogP contribution is 2.50. The van der Waals surface area contributed by atoms with E-state index in [1.54, 1.807) is 34.4 Å². The van der Waals surface area contributed by atoms with Gasteiger partial charge in [0.15, 0.2) is 12.3 Å². The van der Waals surface area contributed by atoms with E-state index in [1.807, 2.05) is 35.7 Å². The van der Waals surface area contributed by atoms with E-state index in [0.717, 1.165) is 117 Å². The molecule has 0 amide bonds. The van der Waals surface area contributed by atoms with Gasteiger partial charge in [-0.25, -0.2) is 16.8 Å². The molecule has 0 N–H and O–H groups in total. The minimum atomic E-state index is -4.34. The van der Waals surface area contributed by atoms with Crippen LogP contribution in [0.4, 0.5) is 11.4 Å². The van der Waals surface area contributed by atoms with Crippen molar-refractivity contribution in [1.29, 1.82) is 0 Å². The number of allylic oxidation sites excluding steroid dienone is 4. The number of fused-ring (bicyclic) bond motifs is 8. The Morgan fingerprint density at radius 2 is 1.31 bits per heavy atom. The third-order valence-corrected chi connectivity index (χ3v) is 19.5. The van der Waals surface area contributed by atoms with Crippen LogP contribution in [0.2, 0.25) is 0 Å². The summed E-state index contributed by atoms with van der Waals surface area (Å²) in [5.74, 6) is 1.71. The van der Waals surface area contributed by atoms with Crippen LogP contribution in [0.5, 0.6) is 5.75 Å². The first kappa shape index (κ1) is 57.5. The molecule has 10 aromatic rings. The molecule has 17 heteroatoms.